The number of anilines is 1. The number of amides is 2. The van der Waals surface area contributed by atoms with Crippen molar-refractivity contribution in [1.29, 1.82) is 0 Å². The van der Waals surface area contributed by atoms with Crippen molar-refractivity contribution in [2.45, 2.75) is 51.9 Å². The molecule has 4 saturated carbocycles. The van der Waals surface area contributed by atoms with Crippen LogP contribution in [0.15, 0.2) is 24.3 Å². The topological polar surface area (TPSA) is 58.2 Å². The molecule has 4 nitrogen and oxygen atoms in total. The number of aryl methyl sites for hydroxylation is 1. The maximum Gasteiger partial charge on any atom is 0.243 e. The summed E-state index contributed by atoms with van der Waals surface area (Å²) in [6.45, 7) is 2.16. The highest BCUT2D eigenvalue weighted by atomic mass is 16.2. The van der Waals surface area contributed by atoms with Gasteiger partial charge in [0.1, 0.15) is 0 Å². The van der Waals surface area contributed by atoms with Crippen LogP contribution in [-0.4, -0.2) is 18.4 Å². The highest BCUT2D eigenvalue weighted by molar-refractivity contribution is 5.95. The van der Waals surface area contributed by atoms with Gasteiger partial charge in [-0.25, -0.2) is 0 Å². The number of nitrogens with one attached hydrogen (secondary N) is 2. The molecule has 0 atom stereocenters. The van der Waals surface area contributed by atoms with Crippen LogP contribution in [0.4, 0.5) is 5.69 Å². The van der Waals surface area contributed by atoms with Gasteiger partial charge in [-0.15, -0.1) is 0 Å². The maximum absolute atomic E-state index is 12.9. The number of benzene rings is 1. The van der Waals surface area contributed by atoms with Crippen molar-refractivity contribution in [3.05, 3.63) is 29.8 Å². The lowest BCUT2D eigenvalue weighted by Crippen LogP contribution is -2.54. The van der Waals surface area contributed by atoms with Crippen LogP contribution >= 0.6 is 0 Å². The molecule has 4 heteroatoms. The molecule has 4 fully saturated rings. The largest absolute Gasteiger partial charge is 0.347 e. The van der Waals surface area contributed by atoms with Crippen LogP contribution in [0.1, 0.15) is 51.0 Å². The third-order valence-electron chi connectivity index (χ3n) is 6.55. The van der Waals surface area contributed by atoms with E-state index in [2.05, 4.69) is 17.6 Å². The van der Waals surface area contributed by atoms with Gasteiger partial charge in [0.15, 0.2) is 0 Å². The number of carbonyl (C=O) groups is 2. The molecule has 0 radical (unpaired) electrons. The summed E-state index contributed by atoms with van der Waals surface area (Å²) in [5.41, 5.74) is 1.81. The Balaban J connectivity index is 1.33. The lowest BCUT2D eigenvalue weighted by Gasteiger charge is -2.55. The molecule has 0 unspecified atom stereocenters. The molecule has 0 spiro atoms. The van der Waals surface area contributed by atoms with Crippen LogP contribution < -0.4 is 10.6 Å². The molecule has 4 bridgehead atoms. The first kappa shape index (κ1) is 16.6. The summed E-state index contributed by atoms with van der Waals surface area (Å²) < 4.78 is 0. The molecule has 0 heterocycles. The fraction of sp³-hybridized carbons (Fsp3) is 0.619. The van der Waals surface area contributed by atoms with Crippen molar-refractivity contribution < 1.29 is 9.59 Å². The van der Waals surface area contributed by atoms with E-state index in [9.17, 15) is 9.59 Å². The first-order valence-corrected chi connectivity index (χ1v) is 9.73. The summed E-state index contributed by atoms with van der Waals surface area (Å²) in [6, 6.07) is 7.86. The van der Waals surface area contributed by atoms with Gasteiger partial charge in [-0.3, -0.25) is 9.59 Å². The first-order chi connectivity index (χ1) is 12.1. The number of carbonyl (C=O) groups excluding carboxylic acids is 2. The Morgan fingerprint density at radius 1 is 1.08 bits per heavy atom. The van der Waals surface area contributed by atoms with Crippen LogP contribution in [0.3, 0.4) is 0 Å². The molecule has 2 amide bonds. The predicted octanol–water partition coefficient (Wildman–Crippen LogP) is 3.52. The normalized spacial score (nSPS) is 32.4. The molecule has 5 rings (SSSR count). The Labute approximate surface area is 149 Å². The second-order valence-corrected chi connectivity index (χ2v) is 8.48. The standard InChI is InChI=1S/C21H28N2O2/c1-2-14-4-3-5-18(9-14)23-19(24)13-22-20(25)21-10-15-6-16(11-21)8-17(7-15)12-21/h3-5,9,15-17H,2,6-8,10-13H2,1H3,(H,22,25)(H,23,24). The third kappa shape index (κ3) is 3.31. The minimum Gasteiger partial charge on any atom is -0.347 e. The molecule has 4 aliphatic rings. The van der Waals surface area contributed by atoms with Crippen LogP contribution in [0.25, 0.3) is 0 Å². The number of hydrogen-bond acceptors (Lipinski definition) is 2. The number of hydrogen-bond donors (Lipinski definition) is 2. The van der Waals surface area contributed by atoms with Crippen molar-refractivity contribution >= 4 is 17.5 Å². The average Bonchev–Trinajstić information content (AvgIpc) is 2.58. The minimum atomic E-state index is -0.183. The summed E-state index contributed by atoms with van der Waals surface area (Å²) >= 11 is 0. The first-order valence-electron chi connectivity index (χ1n) is 9.73. The summed E-state index contributed by atoms with van der Waals surface area (Å²) in [6.07, 6.45) is 8.00. The molecular formula is C21H28N2O2. The van der Waals surface area contributed by atoms with E-state index in [1.807, 2.05) is 24.3 Å². The van der Waals surface area contributed by atoms with Crippen LogP contribution in [0, 0.1) is 23.2 Å². The van der Waals surface area contributed by atoms with Crippen molar-refractivity contribution in [1.82, 2.24) is 5.32 Å². The van der Waals surface area contributed by atoms with Crippen LogP contribution in [0.2, 0.25) is 0 Å². The Morgan fingerprint density at radius 3 is 2.32 bits per heavy atom. The Kier molecular flexibility index (Phi) is 4.30. The Morgan fingerprint density at radius 2 is 1.72 bits per heavy atom. The van der Waals surface area contributed by atoms with Gasteiger partial charge in [0.25, 0.3) is 0 Å². The van der Waals surface area contributed by atoms with E-state index in [-0.39, 0.29) is 23.8 Å². The lowest BCUT2D eigenvalue weighted by atomic mass is 9.49. The summed E-state index contributed by atoms with van der Waals surface area (Å²) in [7, 11) is 0. The van der Waals surface area contributed by atoms with Crippen molar-refractivity contribution in [3.8, 4) is 0 Å². The van der Waals surface area contributed by atoms with Gasteiger partial charge in [0.2, 0.25) is 11.8 Å². The molecular weight excluding hydrogens is 312 g/mol. The molecule has 4 aliphatic carbocycles. The SMILES string of the molecule is CCc1cccc(NC(=O)CNC(=O)C23CC4CC(CC(C4)C2)C3)c1. The van der Waals surface area contributed by atoms with Crippen LogP contribution in [-0.2, 0) is 16.0 Å². The maximum atomic E-state index is 12.9. The van der Waals surface area contributed by atoms with Gasteiger partial charge in [-0.1, -0.05) is 19.1 Å². The fourth-order valence-corrected chi connectivity index (χ4v) is 5.81. The molecule has 1 aromatic rings. The summed E-state index contributed by atoms with van der Waals surface area (Å²) in [5, 5.41) is 5.83. The van der Waals surface area contributed by atoms with Gasteiger partial charge in [0.05, 0.1) is 6.54 Å². The van der Waals surface area contributed by atoms with E-state index in [4.69, 9.17) is 0 Å². The van der Waals surface area contributed by atoms with Crippen LogP contribution in [0.5, 0.6) is 0 Å². The number of rotatable bonds is 5. The van der Waals surface area contributed by atoms with E-state index in [1.165, 1.54) is 24.8 Å². The molecule has 2 N–H and O–H groups in total. The van der Waals surface area contributed by atoms with E-state index in [0.717, 1.165) is 49.1 Å². The zero-order valence-corrected chi connectivity index (χ0v) is 15.0. The highest BCUT2D eigenvalue weighted by Gasteiger charge is 2.54. The molecule has 1 aromatic carbocycles. The monoisotopic (exact) mass is 340 g/mol. The minimum absolute atomic E-state index is 0.0664. The fourth-order valence-electron chi connectivity index (χ4n) is 5.81. The average molecular weight is 340 g/mol. The highest BCUT2D eigenvalue weighted by Crippen LogP contribution is 2.60. The van der Waals surface area contributed by atoms with Crippen molar-refractivity contribution in [2.24, 2.45) is 23.2 Å². The zero-order valence-electron chi connectivity index (χ0n) is 15.0. The van der Waals surface area contributed by atoms with E-state index >= 15 is 0 Å². The van der Waals surface area contributed by atoms with Gasteiger partial charge in [-0.2, -0.15) is 0 Å². The Bertz CT molecular complexity index is 647. The van der Waals surface area contributed by atoms with Gasteiger partial charge in [0, 0.05) is 11.1 Å². The predicted molar refractivity (Wildman–Crippen MR) is 98.1 cm³/mol. The van der Waals surface area contributed by atoms with Gasteiger partial charge in [-0.05, 0) is 80.4 Å². The second-order valence-electron chi connectivity index (χ2n) is 8.48. The van der Waals surface area contributed by atoms with E-state index in [1.54, 1.807) is 0 Å². The third-order valence-corrected chi connectivity index (χ3v) is 6.55. The molecule has 0 aliphatic heterocycles. The van der Waals surface area contributed by atoms with E-state index < -0.39 is 0 Å². The van der Waals surface area contributed by atoms with Crippen molar-refractivity contribution in [3.63, 3.8) is 0 Å². The van der Waals surface area contributed by atoms with Crippen molar-refractivity contribution in [2.75, 3.05) is 11.9 Å². The van der Waals surface area contributed by atoms with E-state index in [0.29, 0.717) is 0 Å². The summed E-state index contributed by atoms with van der Waals surface area (Å²) in [4.78, 5) is 25.1. The Hall–Kier alpha value is -1.84. The zero-order chi connectivity index (χ0) is 17.4. The lowest BCUT2D eigenvalue weighted by molar-refractivity contribution is -0.146. The molecule has 0 aromatic heterocycles. The summed E-state index contributed by atoms with van der Waals surface area (Å²) in [5.74, 6) is 2.18. The molecule has 134 valence electrons. The molecule has 25 heavy (non-hydrogen) atoms. The van der Waals surface area contributed by atoms with Gasteiger partial charge < -0.3 is 10.6 Å². The quantitative estimate of drug-likeness (QED) is 0.861. The van der Waals surface area contributed by atoms with Gasteiger partial charge >= 0.3 is 0 Å². The molecule has 0 saturated heterocycles. The smallest absolute Gasteiger partial charge is 0.243 e. The second kappa shape index (κ2) is 6.47.